The van der Waals surface area contributed by atoms with Crippen molar-refractivity contribution in [3.05, 3.63) is 53.2 Å². The number of fused-ring (bicyclic) bond motifs is 2. The summed E-state index contributed by atoms with van der Waals surface area (Å²) in [6, 6.07) is 7.19. The molecule has 2 N–H and O–H groups in total. The van der Waals surface area contributed by atoms with Gasteiger partial charge in [0.15, 0.2) is 0 Å². The van der Waals surface area contributed by atoms with Crippen molar-refractivity contribution in [3.8, 4) is 5.88 Å². The third-order valence-electron chi connectivity index (χ3n) is 6.27. The van der Waals surface area contributed by atoms with Gasteiger partial charge in [-0.05, 0) is 49.1 Å². The summed E-state index contributed by atoms with van der Waals surface area (Å²) in [4.78, 5) is 17.6. The fraction of sp³-hybridized carbons (Fsp3) is 0.455. The molecule has 31 heavy (non-hydrogen) atoms. The maximum atomic E-state index is 13.5. The van der Waals surface area contributed by atoms with E-state index in [1.807, 2.05) is 0 Å². The number of anilines is 1. The van der Waals surface area contributed by atoms with E-state index in [-0.39, 0.29) is 24.1 Å². The van der Waals surface area contributed by atoms with Crippen molar-refractivity contribution in [2.75, 3.05) is 12.4 Å². The van der Waals surface area contributed by atoms with Crippen LogP contribution in [0.15, 0.2) is 36.5 Å². The number of nitrogens with zero attached hydrogens (tertiary/aromatic N) is 1. The molecule has 1 amide bonds. The molecular formula is C22H23F3N2O4. The van der Waals surface area contributed by atoms with Gasteiger partial charge in [-0.3, -0.25) is 4.79 Å². The van der Waals surface area contributed by atoms with Crippen LogP contribution < -0.4 is 10.1 Å². The predicted molar refractivity (Wildman–Crippen MR) is 106 cm³/mol. The molecule has 2 saturated heterocycles. The van der Waals surface area contributed by atoms with Crippen LogP contribution in [0, 0.1) is 12.3 Å². The Labute approximate surface area is 177 Å². The number of methoxy groups -OCH3 is 1. The number of pyridine rings is 1. The number of carbonyl (C=O) groups excluding carboxylic acids is 1. The molecule has 4 rings (SSSR count). The molecule has 3 heterocycles. The molecule has 2 bridgehead atoms. The molecule has 1 aromatic carbocycles. The average molecular weight is 436 g/mol. The lowest BCUT2D eigenvalue weighted by Gasteiger charge is -2.35. The van der Waals surface area contributed by atoms with Crippen LogP contribution in [0.25, 0.3) is 0 Å². The van der Waals surface area contributed by atoms with Gasteiger partial charge in [0.2, 0.25) is 11.8 Å². The van der Waals surface area contributed by atoms with Gasteiger partial charge >= 0.3 is 6.18 Å². The zero-order chi connectivity index (χ0) is 22.4. The number of ether oxygens (including phenoxy) is 2. The number of halogens is 3. The van der Waals surface area contributed by atoms with E-state index in [1.165, 1.54) is 26.2 Å². The lowest BCUT2D eigenvalue weighted by Crippen LogP contribution is -2.48. The van der Waals surface area contributed by atoms with Crippen LogP contribution in [0.3, 0.4) is 0 Å². The van der Waals surface area contributed by atoms with Crippen molar-refractivity contribution in [1.29, 1.82) is 0 Å². The number of alkyl halides is 3. The number of benzene rings is 1. The molecule has 6 nitrogen and oxygen atoms in total. The van der Waals surface area contributed by atoms with E-state index < -0.39 is 41.4 Å². The molecule has 4 atom stereocenters. The van der Waals surface area contributed by atoms with Crippen molar-refractivity contribution < 1.29 is 32.5 Å². The van der Waals surface area contributed by atoms with Crippen LogP contribution in [0.2, 0.25) is 0 Å². The van der Waals surface area contributed by atoms with Crippen molar-refractivity contribution >= 4 is 11.6 Å². The number of aliphatic hydroxyl groups excluding tert-OH is 1. The number of aromatic nitrogens is 1. The first-order valence-corrected chi connectivity index (χ1v) is 9.95. The first-order chi connectivity index (χ1) is 14.6. The number of carbonyl (C=O) groups is 1. The number of hydrogen-bond acceptors (Lipinski definition) is 5. The second-order valence-corrected chi connectivity index (χ2v) is 8.14. The third-order valence-corrected chi connectivity index (χ3v) is 6.27. The minimum Gasteiger partial charge on any atom is -0.481 e. The van der Waals surface area contributed by atoms with Gasteiger partial charge in [-0.2, -0.15) is 13.2 Å². The maximum absolute atomic E-state index is 13.5. The van der Waals surface area contributed by atoms with Crippen molar-refractivity contribution in [3.63, 3.8) is 0 Å². The van der Waals surface area contributed by atoms with Gasteiger partial charge in [-0.1, -0.05) is 6.07 Å². The van der Waals surface area contributed by atoms with Gasteiger partial charge in [-0.25, -0.2) is 4.98 Å². The van der Waals surface area contributed by atoms with Crippen molar-refractivity contribution in [2.45, 2.75) is 50.7 Å². The quantitative estimate of drug-likeness (QED) is 0.750. The Hall–Kier alpha value is -2.65. The molecule has 0 saturated carbocycles. The molecule has 166 valence electrons. The summed E-state index contributed by atoms with van der Waals surface area (Å²) in [5, 5.41) is 12.8. The van der Waals surface area contributed by atoms with Crippen molar-refractivity contribution in [2.24, 2.45) is 5.41 Å². The molecule has 1 aromatic heterocycles. The average Bonchev–Trinajstić information content (AvgIpc) is 3.26. The van der Waals surface area contributed by atoms with Gasteiger partial charge in [0.1, 0.15) is 0 Å². The Bertz CT molecular complexity index is 995. The molecule has 0 radical (unpaired) electrons. The molecule has 2 aromatic rings. The van der Waals surface area contributed by atoms with Gasteiger partial charge < -0.3 is 19.9 Å². The Balaban J connectivity index is 1.66. The van der Waals surface area contributed by atoms with Crippen LogP contribution >= 0.6 is 0 Å². The molecule has 9 heteroatoms. The summed E-state index contributed by atoms with van der Waals surface area (Å²) in [6.07, 6.45) is -3.79. The number of nitrogens with one attached hydrogen (secondary N) is 1. The zero-order valence-electron chi connectivity index (χ0n) is 17.1. The minimum atomic E-state index is -4.52. The highest BCUT2D eigenvalue weighted by Crippen LogP contribution is 2.50. The molecule has 0 spiro atoms. The zero-order valence-corrected chi connectivity index (χ0v) is 17.1. The summed E-state index contributed by atoms with van der Waals surface area (Å²) in [6.45, 7) is 1.33. The second-order valence-electron chi connectivity index (χ2n) is 8.14. The van der Waals surface area contributed by atoms with E-state index in [4.69, 9.17) is 9.47 Å². The normalized spacial score (nSPS) is 27.4. The van der Waals surface area contributed by atoms with Gasteiger partial charge in [-0.15, -0.1) is 0 Å². The molecule has 2 aliphatic heterocycles. The number of aliphatic hydroxyl groups is 1. The summed E-state index contributed by atoms with van der Waals surface area (Å²) >= 11 is 0. The first kappa shape index (κ1) is 21.6. The smallest absolute Gasteiger partial charge is 0.416 e. The van der Waals surface area contributed by atoms with E-state index in [0.717, 1.165) is 11.6 Å². The Morgan fingerprint density at radius 2 is 2.16 bits per heavy atom. The number of rotatable bonds is 5. The van der Waals surface area contributed by atoms with Crippen LogP contribution in [0.1, 0.15) is 29.5 Å². The van der Waals surface area contributed by atoms with Gasteiger partial charge in [0.25, 0.3) is 0 Å². The molecule has 0 aliphatic carbocycles. The fourth-order valence-corrected chi connectivity index (χ4v) is 4.63. The van der Waals surface area contributed by atoms with Crippen LogP contribution in [-0.2, 0) is 22.1 Å². The van der Waals surface area contributed by atoms with E-state index in [2.05, 4.69) is 10.3 Å². The first-order valence-electron chi connectivity index (χ1n) is 9.95. The summed E-state index contributed by atoms with van der Waals surface area (Å²) in [5.41, 5.74) is -0.981. The largest absolute Gasteiger partial charge is 0.481 e. The number of hydrogen-bond donors (Lipinski definition) is 2. The molecule has 2 fully saturated rings. The van der Waals surface area contributed by atoms with Crippen LogP contribution in [0.4, 0.5) is 18.9 Å². The van der Waals surface area contributed by atoms with Gasteiger partial charge in [0, 0.05) is 24.4 Å². The van der Waals surface area contributed by atoms with Gasteiger partial charge in [0.05, 0.1) is 36.4 Å². The summed E-state index contributed by atoms with van der Waals surface area (Å²) in [7, 11) is 1.49. The highest BCUT2D eigenvalue weighted by molar-refractivity contribution is 5.97. The lowest BCUT2D eigenvalue weighted by molar-refractivity contribution is -0.138. The van der Waals surface area contributed by atoms with E-state index in [0.29, 0.717) is 12.3 Å². The fourth-order valence-electron chi connectivity index (χ4n) is 4.63. The highest BCUT2D eigenvalue weighted by atomic mass is 19.4. The summed E-state index contributed by atoms with van der Waals surface area (Å²) < 4.78 is 50.9. The predicted octanol–water partition coefficient (Wildman–Crippen LogP) is 3.51. The van der Waals surface area contributed by atoms with Crippen LogP contribution in [0.5, 0.6) is 5.88 Å². The summed E-state index contributed by atoms with van der Waals surface area (Å²) in [5.74, 6) is -0.0315. The molecule has 0 unspecified atom stereocenters. The van der Waals surface area contributed by atoms with E-state index >= 15 is 0 Å². The lowest BCUT2D eigenvalue weighted by atomic mass is 9.68. The minimum absolute atomic E-state index is 0.0480. The Morgan fingerprint density at radius 3 is 2.77 bits per heavy atom. The van der Waals surface area contributed by atoms with Crippen LogP contribution in [-0.4, -0.2) is 41.4 Å². The SMILES string of the molecule is COc1cc(C[C@]2(C(=O)Nc3cccc(C(F)(F)F)c3C)C[C@H]3O[C@@H]2C[C@@H]3O)ccn1. The standard InChI is InChI=1S/C22H23F3N2O4/c1-12-14(22(23,24)25)4-3-5-15(12)27-20(29)21(11-17-16(28)9-18(21)31-17)10-13-6-7-26-19(8-13)30-2/h3-8,16-18,28H,9-11H2,1-2H3,(H,27,29)/t16-,17+,18+,21-/m0/s1. The molecular weight excluding hydrogens is 413 g/mol. The third kappa shape index (κ3) is 3.87. The molecule has 2 aliphatic rings. The highest BCUT2D eigenvalue weighted by Gasteiger charge is 2.60. The Kier molecular flexibility index (Phi) is 5.43. The maximum Gasteiger partial charge on any atom is 0.416 e. The monoisotopic (exact) mass is 436 g/mol. The second kappa shape index (κ2) is 7.80. The van der Waals surface area contributed by atoms with E-state index in [1.54, 1.807) is 18.3 Å². The van der Waals surface area contributed by atoms with Crippen molar-refractivity contribution in [1.82, 2.24) is 4.98 Å². The Morgan fingerprint density at radius 1 is 1.39 bits per heavy atom. The topological polar surface area (TPSA) is 80.7 Å². The number of amides is 1. The van der Waals surface area contributed by atoms with E-state index in [9.17, 15) is 23.1 Å².